The molecule has 2 heterocycles. The maximum absolute atomic E-state index is 12.6. The van der Waals surface area contributed by atoms with E-state index in [9.17, 15) is 14.4 Å². The molecule has 8 nitrogen and oxygen atoms in total. The number of nitrogens with zero attached hydrogens (tertiary/aromatic N) is 4. The molecule has 0 aromatic heterocycles. The summed E-state index contributed by atoms with van der Waals surface area (Å²) in [6.45, 7) is 6.28. The number of hydrogen-bond donors (Lipinski definition) is 1. The molecule has 1 unspecified atom stereocenters. The molecule has 0 fully saturated rings. The van der Waals surface area contributed by atoms with E-state index in [1.807, 2.05) is 20.8 Å². The van der Waals surface area contributed by atoms with Gasteiger partial charge in [0.15, 0.2) is 5.92 Å². The Balaban J connectivity index is 2.58. The zero-order valence-corrected chi connectivity index (χ0v) is 15.1. The third kappa shape index (κ3) is 3.40. The largest absolute Gasteiger partial charge is 0.445 e. The van der Waals surface area contributed by atoms with Crippen molar-refractivity contribution in [2.75, 3.05) is 19.3 Å². The number of amides is 4. The van der Waals surface area contributed by atoms with Gasteiger partial charge in [0.05, 0.1) is 19.3 Å². The van der Waals surface area contributed by atoms with Crippen molar-refractivity contribution in [3.05, 3.63) is 0 Å². The van der Waals surface area contributed by atoms with Gasteiger partial charge in [0, 0.05) is 5.92 Å². The van der Waals surface area contributed by atoms with Crippen LogP contribution in [0.2, 0.25) is 0 Å². The summed E-state index contributed by atoms with van der Waals surface area (Å²) in [6.07, 6.45) is 0.734. The molecular weight excluding hydrogens is 330 g/mol. The minimum Gasteiger partial charge on any atom is -0.369 e. The summed E-state index contributed by atoms with van der Waals surface area (Å²) in [4.78, 5) is 46.2. The fourth-order valence-corrected chi connectivity index (χ4v) is 3.27. The number of aliphatic imine (C=N–C) groups is 2. The first-order valence-corrected chi connectivity index (χ1v) is 8.80. The Labute approximate surface area is 144 Å². The Morgan fingerprint density at radius 2 is 2.04 bits per heavy atom. The second-order valence-electron chi connectivity index (χ2n) is 5.95. The fourth-order valence-electron chi connectivity index (χ4n) is 2.45. The van der Waals surface area contributed by atoms with Gasteiger partial charge < -0.3 is 5.73 Å². The zero-order valence-electron chi connectivity index (χ0n) is 14.3. The van der Waals surface area contributed by atoms with Crippen LogP contribution in [0.15, 0.2) is 9.98 Å². The Kier molecular flexibility index (Phi) is 5.53. The fraction of sp³-hybridized carbons (Fsp3) is 0.600. The quantitative estimate of drug-likeness (QED) is 0.735. The Morgan fingerprint density at radius 1 is 1.38 bits per heavy atom. The Hall–Kier alpha value is -2.03. The SMILES string of the molecule is CCC[N+]1=C2N=C(C(C)C)N=C(SCC(N)=O)C2C(=O)N(C)C1=O. The van der Waals surface area contributed by atoms with Crippen LogP contribution in [0.4, 0.5) is 4.79 Å². The van der Waals surface area contributed by atoms with E-state index in [4.69, 9.17) is 5.73 Å². The van der Waals surface area contributed by atoms with E-state index in [2.05, 4.69) is 9.98 Å². The summed E-state index contributed by atoms with van der Waals surface area (Å²) in [7, 11) is 1.45. The Bertz CT molecular complexity index is 681. The zero-order chi connectivity index (χ0) is 18.0. The third-order valence-electron chi connectivity index (χ3n) is 3.66. The molecule has 2 aliphatic rings. The highest BCUT2D eigenvalue weighted by atomic mass is 32.2. The van der Waals surface area contributed by atoms with E-state index in [-0.39, 0.29) is 23.6 Å². The lowest BCUT2D eigenvalue weighted by Gasteiger charge is -2.28. The van der Waals surface area contributed by atoms with Gasteiger partial charge in [0.2, 0.25) is 11.7 Å². The number of amidine groups is 2. The molecule has 24 heavy (non-hydrogen) atoms. The molecule has 130 valence electrons. The van der Waals surface area contributed by atoms with E-state index in [0.717, 1.165) is 23.1 Å². The van der Waals surface area contributed by atoms with E-state index < -0.39 is 11.8 Å². The minimum absolute atomic E-state index is 0.0205. The van der Waals surface area contributed by atoms with Crippen molar-refractivity contribution in [1.82, 2.24) is 4.90 Å². The number of urea groups is 1. The number of thioether (sulfide) groups is 1. The van der Waals surface area contributed by atoms with Crippen LogP contribution in [0.3, 0.4) is 0 Å². The standard InChI is InChI=1S/C15H21N5O3S/c1-5-6-20-12-10(14(22)19(4)15(20)23)13(24-7-9(16)21)18-11(17-12)8(2)3/h8,10H,5-7H2,1-4H3,(H-,16,21)/p+1. The van der Waals surface area contributed by atoms with Gasteiger partial charge in [-0.3, -0.25) is 9.59 Å². The van der Waals surface area contributed by atoms with Crippen molar-refractivity contribution >= 4 is 46.3 Å². The summed E-state index contributed by atoms with van der Waals surface area (Å²) >= 11 is 1.13. The molecular formula is C15H22N5O3S+. The number of nitrogens with two attached hydrogens (primary N) is 1. The van der Waals surface area contributed by atoms with Crippen LogP contribution in [0.5, 0.6) is 0 Å². The molecule has 0 spiro atoms. The van der Waals surface area contributed by atoms with E-state index in [0.29, 0.717) is 23.3 Å². The number of carbonyl (C=O) groups is 3. The average Bonchev–Trinajstić information content (AvgIpc) is 2.53. The maximum Gasteiger partial charge on any atom is 0.445 e. The lowest BCUT2D eigenvalue weighted by Crippen LogP contribution is -2.56. The first-order chi connectivity index (χ1) is 11.3. The van der Waals surface area contributed by atoms with E-state index in [1.54, 1.807) is 0 Å². The van der Waals surface area contributed by atoms with Crippen LogP contribution < -0.4 is 5.73 Å². The molecule has 2 aliphatic heterocycles. The third-order valence-corrected chi connectivity index (χ3v) is 4.71. The molecule has 0 aromatic carbocycles. The molecule has 2 rings (SSSR count). The second kappa shape index (κ2) is 7.25. The van der Waals surface area contributed by atoms with Gasteiger partial charge in [-0.15, -0.1) is 0 Å². The van der Waals surface area contributed by atoms with Gasteiger partial charge in [-0.2, -0.15) is 9.48 Å². The van der Waals surface area contributed by atoms with Crippen LogP contribution in [0, 0.1) is 11.8 Å². The number of hydrogen-bond acceptors (Lipinski definition) is 6. The molecule has 0 saturated carbocycles. The van der Waals surface area contributed by atoms with Crippen LogP contribution in [0.25, 0.3) is 0 Å². The molecule has 0 aromatic rings. The first kappa shape index (κ1) is 18.3. The molecule has 4 amide bonds. The number of rotatable bonds is 5. The van der Waals surface area contributed by atoms with Crippen LogP contribution in [-0.2, 0) is 9.59 Å². The van der Waals surface area contributed by atoms with Gasteiger partial charge in [-0.1, -0.05) is 37.5 Å². The summed E-state index contributed by atoms with van der Waals surface area (Å²) in [6, 6.07) is -0.388. The number of primary amides is 1. The molecule has 0 saturated heterocycles. The minimum atomic E-state index is -0.758. The van der Waals surface area contributed by atoms with Crippen LogP contribution in [-0.4, -0.2) is 63.4 Å². The summed E-state index contributed by atoms with van der Waals surface area (Å²) in [5.74, 6) is -0.648. The number of imide groups is 1. The summed E-state index contributed by atoms with van der Waals surface area (Å²) in [5.41, 5.74) is 5.22. The highest BCUT2D eigenvalue weighted by Crippen LogP contribution is 2.26. The van der Waals surface area contributed by atoms with Crippen molar-refractivity contribution in [2.24, 2.45) is 27.6 Å². The average molecular weight is 352 g/mol. The van der Waals surface area contributed by atoms with Gasteiger partial charge >= 0.3 is 11.9 Å². The normalized spacial score (nSPS) is 21.0. The number of fused-ring (bicyclic) bond motifs is 1. The van der Waals surface area contributed by atoms with Crippen molar-refractivity contribution in [1.29, 1.82) is 0 Å². The Morgan fingerprint density at radius 3 is 2.58 bits per heavy atom. The van der Waals surface area contributed by atoms with Crippen LogP contribution in [0.1, 0.15) is 27.2 Å². The predicted octanol–water partition coefficient (Wildman–Crippen LogP) is 0.701. The van der Waals surface area contributed by atoms with E-state index >= 15 is 0 Å². The number of carbonyl (C=O) groups excluding carboxylic acids is 3. The monoisotopic (exact) mass is 352 g/mol. The van der Waals surface area contributed by atoms with Crippen molar-refractivity contribution < 1.29 is 19.0 Å². The smallest absolute Gasteiger partial charge is 0.369 e. The second-order valence-corrected chi connectivity index (χ2v) is 6.95. The van der Waals surface area contributed by atoms with Gasteiger partial charge in [-0.05, 0) is 6.42 Å². The molecule has 0 bridgehead atoms. The van der Waals surface area contributed by atoms with Crippen molar-refractivity contribution in [2.45, 2.75) is 27.2 Å². The topological polar surface area (TPSA) is 108 Å². The molecule has 1 atom stereocenters. The van der Waals surface area contributed by atoms with Crippen molar-refractivity contribution in [3.63, 3.8) is 0 Å². The first-order valence-electron chi connectivity index (χ1n) is 7.82. The molecule has 0 radical (unpaired) electrons. The van der Waals surface area contributed by atoms with Crippen LogP contribution >= 0.6 is 11.8 Å². The van der Waals surface area contributed by atoms with E-state index in [1.165, 1.54) is 11.6 Å². The maximum atomic E-state index is 12.6. The molecule has 0 aliphatic carbocycles. The van der Waals surface area contributed by atoms with Gasteiger partial charge in [-0.25, -0.2) is 9.79 Å². The van der Waals surface area contributed by atoms with Gasteiger partial charge in [0.1, 0.15) is 5.04 Å². The van der Waals surface area contributed by atoms with Gasteiger partial charge in [0.25, 0.3) is 5.84 Å². The highest BCUT2D eigenvalue weighted by molar-refractivity contribution is 8.14. The lowest BCUT2D eigenvalue weighted by atomic mass is 10.0. The van der Waals surface area contributed by atoms with Crippen molar-refractivity contribution in [3.8, 4) is 0 Å². The predicted molar refractivity (Wildman–Crippen MR) is 93.4 cm³/mol. The molecule has 2 N–H and O–H groups in total. The highest BCUT2D eigenvalue weighted by Gasteiger charge is 2.50. The lowest BCUT2D eigenvalue weighted by molar-refractivity contribution is -0.440. The molecule has 9 heteroatoms. The summed E-state index contributed by atoms with van der Waals surface area (Å²) < 4.78 is 1.52. The summed E-state index contributed by atoms with van der Waals surface area (Å²) in [5, 5.41) is 0.466.